The van der Waals surface area contributed by atoms with Crippen molar-refractivity contribution in [2.45, 2.75) is 6.04 Å². The van der Waals surface area contributed by atoms with E-state index in [-0.39, 0.29) is 11.9 Å². The first-order chi connectivity index (χ1) is 12.0. The number of piperazine rings is 1. The van der Waals surface area contributed by atoms with Crippen molar-refractivity contribution in [3.05, 3.63) is 63.6 Å². The van der Waals surface area contributed by atoms with Crippen LogP contribution in [-0.2, 0) is 0 Å². The fourth-order valence-corrected chi connectivity index (χ4v) is 3.66. The SMILES string of the molecule is COc1ccccc1C1CN(C(=O)c2ccc(Cl)cc2Cl)CCN1C. The van der Waals surface area contributed by atoms with Gasteiger partial charge in [0.15, 0.2) is 0 Å². The summed E-state index contributed by atoms with van der Waals surface area (Å²) < 4.78 is 5.49. The maximum absolute atomic E-state index is 12.9. The molecule has 1 unspecified atom stereocenters. The van der Waals surface area contributed by atoms with Crippen LogP contribution in [-0.4, -0.2) is 49.5 Å². The van der Waals surface area contributed by atoms with E-state index in [1.54, 1.807) is 25.3 Å². The van der Waals surface area contributed by atoms with Crippen molar-refractivity contribution in [3.63, 3.8) is 0 Å². The number of methoxy groups -OCH3 is 1. The third kappa shape index (κ3) is 3.76. The second-order valence-corrected chi connectivity index (χ2v) is 6.96. The van der Waals surface area contributed by atoms with Gasteiger partial charge in [0.2, 0.25) is 0 Å². The molecule has 1 aliphatic heterocycles. The topological polar surface area (TPSA) is 32.8 Å². The molecule has 2 aromatic carbocycles. The summed E-state index contributed by atoms with van der Waals surface area (Å²) in [7, 11) is 3.73. The number of likely N-dealkylation sites (N-methyl/N-ethyl adjacent to an activating group) is 1. The molecule has 0 bridgehead atoms. The van der Waals surface area contributed by atoms with E-state index in [9.17, 15) is 4.79 Å². The normalized spacial score (nSPS) is 18.2. The molecule has 4 nitrogen and oxygen atoms in total. The predicted molar refractivity (Wildman–Crippen MR) is 101 cm³/mol. The fraction of sp³-hybridized carbons (Fsp3) is 0.316. The van der Waals surface area contributed by atoms with Crippen LogP contribution in [0.5, 0.6) is 5.75 Å². The number of nitrogens with zero attached hydrogens (tertiary/aromatic N) is 2. The molecule has 0 saturated carbocycles. The van der Waals surface area contributed by atoms with Crippen LogP contribution >= 0.6 is 23.2 Å². The minimum Gasteiger partial charge on any atom is -0.496 e. The Morgan fingerprint density at radius 3 is 2.64 bits per heavy atom. The second kappa shape index (κ2) is 7.65. The van der Waals surface area contributed by atoms with Crippen LogP contribution in [0.15, 0.2) is 42.5 Å². The van der Waals surface area contributed by atoms with E-state index in [2.05, 4.69) is 11.9 Å². The summed E-state index contributed by atoms with van der Waals surface area (Å²) in [5.74, 6) is 0.757. The quantitative estimate of drug-likeness (QED) is 0.804. The first-order valence-electron chi connectivity index (χ1n) is 8.08. The van der Waals surface area contributed by atoms with Gasteiger partial charge in [-0.25, -0.2) is 0 Å². The molecule has 0 aromatic heterocycles. The van der Waals surface area contributed by atoms with Crippen LogP contribution in [0.25, 0.3) is 0 Å². The van der Waals surface area contributed by atoms with Crippen molar-refractivity contribution in [3.8, 4) is 5.75 Å². The summed E-state index contributed by atoms with van der Waals surface area (Å²) in [4.78, 5) is 17.0. The Balaban J connectivity index is 1.86. The molecule has 132 valence electrons. The highest BCUT2D eigenvalue weighted by Crippen LogP contribution is 2.32. The highest BCUT2D eigenvalue weighted by Gasteiger charge is 2.31. The van der Waals surface area contributed by atoms with Crippen LogP contribution in [0.2, 0.25) is 10.0 Å². The number of hydrogen-bond donors (Lipinski definition) is 0. The second-order valence-electron chi connectivity index (χ2n) is 6.11. The van der Waals surface area contributed by atoms with Crippen LogP contribution in [0.4, 0.5) is 0 Å². The van der Waals surface area contributed by atoms with Gasteiger partial charge in [-0.2, -0.15) is 0 Å². The van der Waals surface area contributed by atoms with Gasteiger partial charge in [0.05, 0.1) is 23.7 Å². The minimum atomic E-state index is -0.0744. The van der Waals surface area contributed by atoms with E-state index in [0.717, 1.165) is 17.9 Å². The van der Waals surface area contributed by atoms with E-state index in [0.29, 0.717) is 28.7 Å². The molecular formula is C19H20Cl2N2O2. The Bertz CT molecular complexity index is 782. The van der Waals surface area contributed by atoms with Gasteiger partial charge < -0.3 is 9.64 Å². The lowest BCUT2D eigenvalue weighted by Crippen LogP contribution is -2.49. The molecule has 0 N–H and O–H groups in total. The van der Waals surface area contributed by atoms with Crippen molar-refractivity contribution < 1.29 is 9.53 Å². The summed E-state index contributed by atoms with van der Waals surface area (Å²) in [6.07, 6.45) is 0. The number of ether oxygens (including phenoxy) is 1. The Kier molecular flexibility index (Phi) is 5.52. The summed E-state index contributed by atoms with van der Waals surface area (Å²) in [6.45, 7) is 2.01. The summed E-state index contributed by atoms with van der Waals surface area (Å²) in [5.41, 5.74) is 1.56. The van der Waals surface area contributed by atoms with Crippen molar-refractivity contribution in [2.75, 3.05) is 33.8 Å². The van der Waals surface area contributed by atoms with Crippen molar-refractivity contribution >= 4 is 29.1 Å². The number of para-hydroxylation sites is 1. The Hall–Kier alpha value is -1.75. The zero-order valence-corrected chi connectivity index (χ0v) is 15.7. The third-order valence-corrected chi connectivity index (χ3v) is 5.14. The molecule has 6 heteroatoms. The average Bonchev–Trinajstić information content (AvgIpc) is 2.61. The molecule has 3 rings (SSSR count). The Morgan fingerprint density at radius 2 is 1.92 bits per heavy atom. The first-order valence-corrected chi connectivity index (χ1v) is 8.84. The predicted octanol–water partition coefficient (Wildman–Crippen LogP) is 4.13. The van der Waals surface area contributed by atoms with Crippen molar-refractivity contribution in [1.82, 2.24) is 9.80 Å². The molecule has 1 saturated heterocycles. The number of amides is 1. The van der Waals surface area contributed by atoms with Gasteiger partial charge in [-0.1, -0.05) is 41.4 Å². The first kappa shape index (κ1) is 18.1. The number of halogens is 2. The Morgan fingerprint density at radius 1 is 1.16 bits per heavy atom. The van der Waals surface area contributed by atoms with Gasteiger partial charge in [0.1, 0.15) is 5.75 Å². The number of rotatable bonds is 3. The molecule has 1 atom stereocenters. The molecule has 25 heavy (non-hydrogen) atoms. The van der Waals surface area contributed by atoms with E-state index in [1.165, 1.54) is 0 Å². The molecule has 1 heterocycles. The number of carbonyl (C=O) groups is 1. The lowest BCUT2D eigenvalue weighted by Gasteiger charge is -2.40. The zero-order chi connectivity index (χ0) is 18.0. The maximum atomic E-state index is 12.9. The molecule has 2 aromatic rings. The van der Waals surface area contributed by atoms with Crippen molar-refractivity contribution in [1.29, 1.82) is 0 Å². The molecule has 1 fully saturated rings. The van der Waals surface area contributed by atoms with Gasteiger partial charge >= 0.3 is 0 Å². The van der Waals surface area contributed by atoms with Crippen LogP contribution in [0.3, 0.4) is 0 Å². The zero-order valence-electron chi connectivity index (χ0n) is 14.2. The Labute approximate surface area is 157 Å². The molecule has 0 spiro atoms. The molecular weight excluding hydrogens is 359 g/mol. The summed E-state index contributed by atoms with van der Waals surface area (Å²) >= 11 is 12.1. The minimum absolute atomic E-state index is 0.0694. The largest absolute Gasteiger partial charge is 0.496 e. The lowest BCUT2D eigenvalue weighted by molar-refractivity contribution is 0.0542. The molecule has 1 amide bonds. The average molecular weight is 379 g/mol. The van der Waals surface area contributed by atoms with Crippen molar-refractivity contribution in [2.24, 2.45) is 0 Å². The van der Waals surface area contributed by atoms with Gasteiger partial charge in [0.25, 0.3) is 5.91 Å². The number of benzene rings is 2. The number of hydrogen-bond acceptors (Lipinski definition) is 3. The highest BCUT2D eigenvalue weighted by molar-refractivity contribution is 6.36. The summed E-state index contributed by atoms with van der Waals surface area (Å²) in [6, 6.07) is 13.0. The van der Waals surface area contributed by atoms with Gasteiger partial charge in [-0.15, -0.1) is 0 Å². The van der Waals surface area contributed by atoms with E-state index in [1.807, 2.05) is 29.2 Å². The smallest absolute Gasteiger partial charge is 0.255 e. The van der Waals surface area contributed by atoms with Gasteiger partial charge in [-0.3, -0.25) is 9.69 Å². The van der Waals surface area contributed by atoms with Gasteiger partial charge in [0, 0.05) is 30.2 Å². The van der Waals surface area contributed by atoms with Crippen LogP contribution < -0.4 is 4.74 Å². The van der Waals surface area contributed by atoms with Crippen LogP contribution in [0.1, 0.15) is 22.0 Å². The molecule has 1 aliphatic rings. The standard InChI is InChI=1S/C19H20Cl2N2O2/c1-22-9-10-23(19(24)14-8-7-13(20)11-16(14)21)12-17(22)15-5-3-4-6-18(15)25-2/h3-8,11,17H,9-10,12H2,1-2H3. The third-order valence-electron chi connectivity index (χ3n) is 4.59. The number of carbonyl (C=O) groups excluding carboxylic acids is 1. The summed E-state index contributed by atoms with van der Waals surface area (Å²) in [5, 5.41) is 0.900. The molecule has 0 radical (unpaired) electrons. The fourth-order valence-electron chi connectivity index (χ4n) is 3.17. The lowest BCUT2D eigenvalue weighted by atomic mass is 10.0. The highest BCUT2D eigenvalue weighted by atomic mass is 35.5. The van der Waals surface area contributed by atoms with Gasteiger partial charge in [-0.05, 0) is 31.3 Å². The maximum Gasteiger partial charge on any atom is 0.255 e. The van der Waals surface area contributed by atoms with Crippen LogP contribution in [0, 0.1) is 0 Å². The molecule has 0 aliphatic carbocycles. The van der Waals surface area contributed by atoms with E-state index < -0.39 is 0 Å². The van der Waals surface area contributed by atoms with E-state index >= 15 is 0 Å². The van der Waals surface area contributed by atoms with E-state index in [4.69, 9.17) is 27.9 Å². The monoisotopic (exact) mass is 378 g/mol.